The molecule has 5 rings (SSSR count). The standard InChI is InChI=1S/C28H28Cl2N2OS/c29-23-15-20(16-24(30)17-23)18-31-27(33)25(22-7-14-34-19-22)6-11-32-12-9-28(10-13-32)8-5-21-3-1-2-4-26(21)28/h1-5,7-8,14-17,19,25H,6,9-13,18H2,(H,31,33)/t25-/m0/s1. The number of thiophene rings is 1. The van der Waals surface area contributed by atoms with Gasteiger partial charge in [0.2, 0.25) is 5.91 Å². The summed E-state index contributed by atoms with van der Waals surface area (Å²) < 4.78 is 0. The smallest absolute Gasteiger partial charge is 0.227 e. The maximum Gasteiger partial charge on any atom is 0.227 e. The fraction of sp³-hybridized carbons (Fsp3) is 0.321. The Morgan fingerprint density at radius 2 is 1.85 bits per heavy atom. The molecule has 1 saturated heterocycles. The maximum absolute atomic E-state index is 13.2. The molecular formula is C28H28Cl2N2OS. The van der Waals surface area contributed by atoms with Gasteiger partial charge in [0.05, 0.1) is 5.92 Å². The number of halogens is 2. The molecule has 2 heterocycles. The van der Waals surface area contributed by atoms with Crippen LogP contribution in [0.2, 0.25) is 10.0 Å². The van der Waals surface area contributed by atoms with E-state index in [-0.39, 0.29) is 17.2 Å². The van der Waals surface area contributed by atoms with Gasteiger partial charge in [-0.3, -0.25) is 4.79 Å². The van der Waals surface area contributed by atoms with Crippen molar-refractivity contribution in [1.29, 1.82) is 0 Å². The zero-order chi connectivity index (χ0) is 23.5. The first-order valence-electron chi connectivity index (χ1n) is 11.8. The van der Waals surface area contributed by atoms with Crippen LogP contribution in [0, 0.1) is 0 Å². The molecular weight excluding hydrogens is 483 g/mol. The zero-order valence-electron chi connectivity index (χ0n) is 19.0. The van der Waals surface area contributed by atoms with E-state index in [0.29, 0.717) is 16.6 Å². The summed E-state index contributed by atoms with van der Waals surface area (Å²) in [5, 5.41) is 8.39. The van der Waals surface area contributed by atoms with Gasteiger partial charge in [-0.05, 0) is 96.2 Å². The van der Waals surface area contributed by atoms with E-state index in [0.717, 1.165) is 50.0 Å². The molecule has 1 fully saturated rings. The van der Waals surface area contributed by atoms with Gasteiger partial charge in [-0.1, -0.05) is 59.6 Å². The molecule has 0 saturated carbocycles. The summed E-state index contributed by atoms with van der Waals surface area (Å²) in [6, 6.07) is 16.2. The van der Waals surface area contributed by atoms with E-state index in [1.54, 1.807) is 17.4 Å². The van der Waals surface area contributed by atoms with E-state index in [9.17, 15) is 4.79 Å². The molecule has 2 aromatic carbocycles. The molecule has 1 aliphatic heterocycles. The number of piperidine rings is 1. The third-order valence-electron chi connectivity index (χ3n) is 7.21. The molecule has 34 heavy (non-hydrogen) atoms. The molecule has 0 bridgehead atoms. The van der Waals surface area contributed by atoms with Crippen LogP contribution in [0.4, 0.5) is 0 Å². The van der Waals surface area contributed by atoms with Gasteiger partial charge in [0.1, 0.15) is 0 Å². The molecule has 1 aromatic heterocycles. The molecule has 1 aliphatic carbocycles. The van der Waals surface area contributed by atoms with Crippen LogP contribution in [0.3, 0.4) is 0 Å². The number of hydrogen-bond donors (Lipinski definition) is 1. The van der Waals surface area contributed by atoms with Crippen LogP contribution in [-0.4, -0.2) is 30.4 Å². The zero-order valence-corrected chi connectivity index (χ0v) is 21.3. The van der Waals surface area contributed by atoms with Crippen molar-refractivity contribution < 1.29 is 4.79 Å². The molecule has 176 valence electrons. The monoisotopic (exact) mass is 510 g/mol. The summed E-state index contributed by atoms with van der Waals surface area (Å²) in [7, 11) is 0. The van der Waals surface area contributed by atoms with Crippen LogP contribution in [0.15, 0.2) is 65.4 Å². The number of likely N-dealkylation sites (tertiary alicyclic amines) is 1. The number of hydrogen-bond acceptors (Lipinski definition) is 3. The van der Waals surface area contributed by atoms with Crippen molar-refractivity contribution in [2.45, 2.75) is 37.1 Å². The Morgan fingerprint density at radius 3 is 2.59 bits per heavy atom. The van der Waals surface area contributed by atoms with E-state index >= 15 is 0 Å². The number of allylic oxidation sites excluding steroid dienone is 1. The van der Waals surface area contributed by atoms with Gasteiger partial charge >= 0.3 is 0 Å². The highest BCUT2D eigenvalue weighted by Gasteiger charge is 2.37. The summed E-state index contributed by atoms with van der Waals surface area (Å²) in [6.07, 6.45) is 7.77. The third kappa shape index (κ3) is 5.11. The fourth-order valence-electron chi connectivity index (χ4n) is 5.31. The normalized spacial score (nSPS) is 17.6. The lowest BCUT2D eigenvalue weighted by molar-refractivity contribution is -0.123. The molecule has 0 radical (unpaired) electrons. The number of amides is 1. The minimum atomic E-state index is -0.163. The molecule has 3 nitrogen and oxygen atoms in total. The Labute approximate surface area is 215 Å². The first-order valence-corrected chi connectivity index (χ1v) is 13.5. The van der Waals surface area contributed by atoms with E-state index in [2.05, 4.69) is 58.1 Å². The maximum atomic E-state index is 13.2. The molecule has 1 spiro atoms. The largest absolute Gasteiger partial charge is 0.351 e. The number of nitrogens with zero attached hydrogens (tertiary/aromatic N) is 1. The molecule has 0 unspecified atom stereocenters. The molecule has 2 aliphatic rings. The van der Waals surface area contributed by atoms with Crippen LogP contribution in [0.25, 0.3) is 6.08 Å². The Kier molecular flexibility index (Phi) is 7.12. The SMILES string of the molecule is O=C(NCc1cc(Cl)cc(Cl)c1)[C@@H](CCN1CCC2(C=Cc3ccccc32)CC1)c1ccsc1. The number of carbonyl (C=O) groups is 1. The topological polar surface area (TPSA) is 32.3 Å². The number of nitrogens with one attached hydrogen (secondary N) is 1. The molecule has 6 heteroatoms. The second-order valence-corrected chi connectivity index (χ2v) is 11.0. The Morgan fingerprint density at radius 1 is 1.09 bits per heavy atom. The van der Waals surface area contributed by atoms with Gasteiger partial charge < -0.3 is 10.2 Å². The minimum Gasteiger partial charge on any atom is -0.351 e. The quantitative estimate of drug-likeness (QED) is 0.374. The average molecular weight is 512 g/mol. The highest BCUT2D eigenvalue weighted by molar-refractivity contribution is 7.08. The van der Waals surface area contributed by atoms with Crippen molar-refractivity contribution >= 4 is 46.5 Å². The number of rotatable bonds is 7. The van der Waals surface area contributed by atoms with Crippen LogP contribution in [0.1, 0.15) is 47.4 Å². The van der Waals surface area contributed by atoms with E-state index in [1.807, 2.05) is 17.5 Å². The van der Waals surface area contributed by atoms with Gasteiger partial charge in [0, 0.05) is 22.0 Å². The van der Waals surface area contributed by atoms with Crippen LogP contribution >= 0.6 is 34.5 Å². The van der Waals surface area contributed by atoms with Crippen molar-refractivity contribution in [2.24, 2.45) is 0 Å². The van der Waals surface area contributed by atoms with Crippen molar-refractivity contribution in [1.82, 2.24) is 10.2 Å². The van der Waals surface area contributed by atoms with E-state index in [1.165, 1.54) is 11.1 Å². The predicted molar refractivity (Wildman–Crippen MR) is 143 cm³/mol. The second kappa shape index (κ2) is 10.2. The molecule has 1 atom stereocenters. The lowest BCUT2D eigenvalue weighted by Crippen LogP contribution is -2.42. The van der Waals surface area contributed by atoms with Crippen LogP contribution < -0.4 is 5.32 Å². The van der Waals surface area contributed by atoms with Crippen LogP contribution in [-0.2, 0) is 16.8 Å². The van der Waals surface area contributed by atoms with E-state index in [4.69, 9.17) is 23.2 Å². The molecule has 3 aromatic rings. The summed E-state index contributed by atoms with van der Waals surface area (Å²) >= 11 is 13.9. The van der Waals surface area contributed by atoms with Gasteiger partial charge in [0.15, 0.2) is 0 Å². The average Bonchev–Trinajstić information content (AvgIpc) is 3.48. The summed E-state index contributed by atoms with van der Waals surface area (Å²) in [5.41, 5.74) is 5.03. The van der Waals surface area contributed by atoms with Gasteiger partial charge in [-0.2, -0.15) is 11.3 Å². The minimum absolute atomic E-state index is 0.0515. The van der Waals surface area contributed by atoms with Crippen molar-refractivity contribution in [3.05, 3.63) is 97.7 Å². The third-order valence-corrected chi connectivity index (χ3v) is 8.35. The highest BCUT2D eigenvalue weighted by atomic mass is 35.5. The van der Waals surface area contributed by atoms with Crippen molar-refractivity contribution in [2.75, 3.05) is 19.6 Å². The highest BCUT2D eigenvalue weighted by Crippen LogP contribution is 2.43. The second-order valence-electron chi connectivity index (χ2n) is 9.31. The lowest BCUT2D eigenvalue weighted by atomic mass is 9.74. The number of fused-ring (bicyclic) bond motifs is 2. The van der Waals surface area contributed by atoms with Crippen LogP contribution in [0.5, 0.6) is 0 Å². The van der Waals surface area contributed by atoms with E-state index < -0.39 is 0 Å². The molecule has 1 amide bonds. The number of carbonyl (C=O) groups excluding carboxylic acids is 1. The Balaban J connectivity index is 1.19. The van der Waals surface area contributed by atoms with Gasteiger partial charge in [-0.15, -0.1) is 0 Å². The predicted octanol–water partition coefficient (Wildman–Crippen LogP) is 6.91. The first kappa shape index (κ1) is 23.6. The fourth-order valence-corrected chi connectivity index (χ4v) is 6.59. The first-order chi connectivity index (χ1) is 16.5. The number of benzene rings is 2. The summed E-state index contributed by atoms with van der Waals surface area (Å²) in [6.45, 7) is 3.44. The summed E-state index contributed by atoms with van der Waals surface area (Å²) in [5.74, 6) is -0.112. The Hall–Kier alpha value is -2.11. The van der Waals surface area contributed by atoms with Gasteiger partial charge in [0.25, 0.3) is 0 Å². The summed E-state index contributed by atoms with van der Waals surface area (Å²) in [4.78, 5) is 15.7. The lowest BCUT2D eigenvalue weighted by Gasteiger charge is -2.39. The Bertz CT molecular complexity index is 1160. The van der Waals surface area contributed by atoms with Gasteiger partial charge in [-0.25, -0.2) is 0 Å². The van der Waals surface area contributed by atoms with Crippen molar-refractivity contribution in [3.8, 4) is 0 Å². The van der Waals surface area contributed by atoms with Crippen molar-refractivity contribution in [3.63, 3.8) is 0 Å². The molecule has 1 N–H and O–H groups in total.